The van der Waals surface area contributed by atoms with Gasteiger partial charge in [0.15, 0.2) is 0 Å². The van der Waals surface area contributed by atoms with Crippen molar-refractivity contribution >= 4 is 0 Å². The summed E-state index contributed by atoms with van der Waals surface area (Å²) in [5, 5.41) is 13.6. The van der Waals surface area contributed by atoms with Gasteiger partial charge in [-0.25, -0.2) is 0 Å². The molecule has 2 aromatic carbocycles. The van der Waals surface area contributed by atoms with Crippen molar-refractivity contribution in [3.63, 3.8) is 0 Å². The number of aryl methyl sites for hydroxylation is 1. The molecule has 0 fully saturated rings. The van der Waals surface area contributed by atoms with Gasteiger partial charge in [-0.15, -0.1) is 0 Å². The second-order valence-electron chi connectivity index (χ2n) is 5.64. The zero-order valence-electron chi connectivity index (χ0n) is 11.0. The highest BCUT2D eigenvalue weighted by atomic mass is 16.3. The summed E-state index contributed by atoms with van der Waals surface area (Å²) < 4.78 is 0. The number of hydrogen-bond donors (Lipinski definition) is 2. The molecule has 2 heteroatoms. The van der Waals surface area contributed by atoms with Gasteiger partial charge in [-0.3, -0.25) is 0 Å². The first-order valence-corrected chi connectivity index (χ1v) is 6.92. The minimum Gasteiger partial charge on any atom is -0.508 e. The molecule has 2 N–H and O–H groups in total. The fraction of sp³-hybridized carbons (Fsp3) is 0.294. The summed E-state index contributed by atoms with van der Waals surface area (Å²) >= 11 is 0. The molecule has 2 nitrogen and oxygen atoms in total. The summed E-state index contributed by atoms with van der Waals surface area (Å²) in [6, 6.07) is 10.8. The maximum atomic E-state index is 10.0. The molecule has 0 bridgehead atoms. The third-order valence-corrected chi connectivity index (χ3v) is 4.44. The van der Waals surface area contributed by atoms with E-state index in [-0.39, 0.29) is 0 Å². The average molecular weight is 251 g/mol. The van der Waals surface area contributed by atoms with Gasteiger partial charge in [-0.2, -0.15) is 0 Å². The van der Waals surface area contributed by atoms with Crippen molar-refractivity contribution in [1.82, 2.24) is 5.32 Å². The Balaban J connectivity index is 2.08. The Hall–Kier alpha value is -1.80. The Kier molecular flexibility index (Phi) is 2.24. The minimum absolute atomic E-state index is 0.394. The van der Waals surface area contributed by atoms with Crippen LogP contribution < -0.4 is 5.32 Å². The molecule has 19 heavy (non-hydrogen) atoms. The Morgan fingerprint density at radius 2 is 2.11 bits per heavy atom. The molecule has 1 heterocycles. The largest absolute Gasteiger partial charge is 0.508 e. The molecule has 0 amide bonds. The topological polar surface area (TPSA) is 32.3 Å². The highest BCUT2D eigenvalue weighted by Gasteiger charge is 2.30. The quantitative estimate of drug-likeness (QED) is 0.754. The lowest BCUT2D eigenvalue weighted by Crippen LogP contribution is -2.33. The van der Waals surface area contributed by atoms with E-state index in [1.807, 2.05) is 12.1 Å². The first-order valence-electron chi connectivity index (χ1n) is 6.92. The summed E-state index contributed by atoms with van der Waals surface area (Å²) in [6.45, 7) is 3.16. The van der Waals surface area contributed by atoms with Crippen molar-refractivity contribution in [2.45, 2.75) is 25.8 Å². The van der Waals surface area contributed by atoms with Crippen LogP contribution in [0.2, 0.25) is 0 Å². The summed E-state index contributed by atoms with van der Waals surface area (Å²) in [6.07, 6.45) is 2.07. The van der Waals surface area contributed by atoms with Crippen LogP contribution in [0.15, 0.2) is 30.3 Å². The van der Waals surface area contributed by atoms with E-state index in [1.54, 1.807) is 0 Å². The van der Waals surface area contributed by atoms with Gasteiger partial charge in [0.25, 0.3) is 0 Å². The summed E-state index contributed by atoms with van der Waals surface area (Å²) in [5.74, 6) is 0.394. The number of hydrogen-bond acceptors (Lipinski definition) is 2. The maximum Gasteiger partial charge on any atom is 0.116 e. The molecule has 1 aliphatic carbocycles. The van der Waals surface area contributed by atoms with Crippen molar-refractivity contribution in [3.05, 3.63) is 52.6 Å². The Bertz CT molecular complexity index is 675. The van der Waals surface area contributed by atoms with Crippen LogP contribution in [-0.4, -0.2) is 11.7 Å². The molecule has 0 saturated carbocycles. The van der Waals surface area contributed by atoms with Gasteiger partial charge >= 0.3 is 0 Å². The number of phenols is 1. The molecular formula is C17H17NO. The normalized spacial score (nSPS) is 19.7. The van der Waals surface area contributed by atoms with E-state index >= 15 is 0 Å². The highest BCUT2D eigenvalue weighted by molar-refractivity contribution is 5.79. The lowest BCUT2D eigenvalue weighted by molar-refractivity contribution is 0.466. The standard InChI is InChI=1S/C17H17NO/c1-10-3-2-4-11-8-15-17-12(5-6-18-15)7-13(19)9-14(17)16(10)11/h2-4,7,9,15,18-19H,5-6,8H2,1H3. The van der Waals surface area contributed by atoms with Gasteiger partial charge in [0.05, 0.1) is 0 Å². The fourth-order valence-electron chi connectivity index (χ4n) is 3.68. The summed E-state index contributed by atoms with van der Waals surface area (Å²) in [5.41, 5.74) is 7.97. The van der Waals surface area contributed by atoms with Gasteiger partial charge in [0.1, 0.15) is 5.75 Å². The van der Waals surface area contributed by atoms with E-state index < -0.39 is 0 Å². The van der Waals surface area contributed by atoms with Crippen LogP contribution in [0, 0.1) is 6.92 Å². The molecule has 0 spiro atoms. The van der Waals surface area contributed by atoms with Crippen LogP contribution in [0.25, 0.3) is 11.1 Å². The van der Waals surface area contributed by atoms with E-state index in [1.165, 1.54) is 33.4 Å². The molecular weight excluding hydrogens is 234 g/mol. The second kappa shape index (κ2) is 3.84. The maximum absolute atomic E-state index is 10.0. The summed E-state index contributed by atoms with van der Waals surface area (Å²) in [4.78, 5) is 0. The number of rotatable bonds is 0. The van der Waals surface area contributed by atoms with Crippen molar-refractivity contribution < 1.29 is 5.11 Å². The third kappa shape index (κ3) is 1.53. The zero-order chi connectivity index (χ0) is 13.0. The summed E-state index contributed by atoms with van der Waals surface area (Å²) in [7, 11) is 0. The Morgan fingerprint density at radius 3 is 3.00 bits per heavy atom. The number of benzene rings is 2. The zero-order valence-corrected chi connectivity index (χ0v) is 11.0. The third-order valence-electron chi connectivity index (χ3n) is 4.44. The van der Waals surface area contributed by atoms with Gasteiger partial charge in [0.2, 0.25) is 0 Å². The van der Waals surface area contributed by atoms with Crippen LogP contribution in [0.5, 0.6) is 5.75 Å². The second-order valence-corrected chi connectivity index (χ2v) is 5.64. The molecule has 1 unspecified atom stereocenters. The predicted octanol–water partition coefficient (Wildman–Crippen LogP) is 3.11. The monoisotopic (exact) mass is 251 g/mol. The minimum atomic E-state index is 0.394. The fourth-order valence-corrected chi connectivity index (χ4v) is 3.68. The van der Waals surface area contributed by atoms with E-state index in [4.69, 9.17) is 0 Å². The van der Waals surface area contributed by atoms with E-state index in [0.29, 0.717) is 11.8 Å². The van der Waals surface area contributed by atoms with Crippen molar-refractivity contribution in [2.75, 3.05) is 6.54 Å². The number of aromatic hydroxyl groups is 1. The van der Waals surface area contributed by atoms with Crippen LogP contribution in [0.4, 0.5) is 0 Å². The van der Waals surface area contributed by atoms with Gasteiger partial charge < -0.3 is 10.4 Å². The molecule has 0 radical (unpaired) electrons. The number of nitrogens with one attached hydrogen (secondary N) is 1. The molecule has 2 aromatic rings. The average Bonchev–Trinajstić information content (AvgIpc) is 2.38. The van der Waals surface area contributed by atoms with Crippen LogP contribution in [-0.2, 0) is 12.8 Å². The predicted molar refractivity (Wildman–Crippen MR) is 76.4 cm³/mol. The Labute approximate surface area is 113 Å². The van der Waals surface area contributed by atoms with Crippen LogP contribution in [0.3, 0.4) is 0 Å². The molecule has 0 aromatic heterocycles. The van der Waals surface area contributed by atoms with Crippen molar-refractivity contribution in [1.29, 1.82) is 0 Å². The highest BCUT2D eigenvalue weighted by Crippen LogP contribution is 2.44. The van der Waals surface area contributed by atoms with Crippen molar-refractivity contribution in [3.8, 4) is 16.9 Å². The molecule has 1 aliphatic heterocycles. The van der Waals surface area contributed by atoms with E-state index in [0.717, 1.165) is 19.4 Å². The molecule has 2 aliphatic rings. The molecule has 0 saturated heterocycles. The van der Waals surface area contributed by atoms with Gasteiger partial charge in [0, 0.05) is 6.04 Å². The number of fused-ring (bicyclic) bond motifs is 2. The van der Waals surface area contributed by atoms with Crippen LogP contribution >= 0.6 is 0 Å². The molecule has 1 atom stereocenters. The lowest BCUT2D eigenvalue weighted by Gasteiger charge is -2.35. The smallest absolute Gasteiger partial charge is 0.116 e. The first-order chi connectivity index (χ1) is 9.24. The number of phenolic OH excluding ortho intramolecular Hbond substituents is 1. The Morgan fingerprint density at radius 1 is 1.21 bits per heavy atom. The van der Waals surface area contributed by atoms with E-state index in [2.05, 4.69) is 30.4 Å². The van der Waals surface area contributed by atoms with Gasteiger partial charge in [-0.05, 0) is 71.8 Å². The van der Waals surface area contributed by atoms with Gasteiger partial charge in [-0.1, -0.05) is 18.2 Å². The van der Waals surface area contributed by atoms with Crippen LogP contribution in [0.1, 0.15) is 28.3 Å². The lowest BCUT2D eigenvalue weighted by atomic mass is 9.76. The van der Waals surface area contributed by atoms with Crippen molar-refractivity contribution in [2.24, 2.45) is 0 Å². The SMILES string of the molecule is Cc1cccc2c1-c1cc(O)cc3c1C(C2)NCC3. The van der Waals surface area contributed by atoms with E-state index in [9.17, 15) is 5.11 Å². The first kappa shape index (κ1) is 11.1. The molecule has 4 rings (SSSR count). The molecule has 96 valence electrons.